The van der Waals surface area contributed by atoms with Gasteiger partial charge in [0.15, 0.2) is 11.5 Å². The summed E-state index contributed by atoms with van der Waals surface area (Å²) >= 11 is 1.46. The standard InChI is InChI=1S/C17H15F2NO4S/c18-17(19)24-13-4-2-12(3-5-13)20-16(21)9-25-8-11-1-6-14-15(7-11)23-10-22-14/h1-7,17H,8-10H2,(H,20,21). The predicted molar refractivity (Wildman–Crippen MR) is 90.4 cm³/mol. The SMILES string of the molecule is O=C(CSCc1ccc2c(c1)OCO2)Nc1ccc(OC(F)F)cc1. The minimum Gasteiger partial charge on any atom is -0.454 e. The van der Waals surface area contributed by atoms with Gasteiger partial charge in [0.1, 0.15) is 5.75 Å². The molecule has 1 amide bonds. The lowest BCUT2D eigenvalue weighted by Crippen LogP contribution is -2.14. The van der Waals surface area contributed by atoms with Crippen LogP contribution in [-0.4, -0.2) is 25.1 Å². The average Bonchev–Trinajstić information content (AvgIpc) is 3.04. The van der Waals surface area contributed by atoms with Crippen LogP contribution >= 0.6 is 11.8 Å². The number of alkyl halides is 2. The van der Waals surface area contributed by atoms with E-state index in [-0.39, 0.29) is 24.2 Å². The van der Waals surface area contributed by atoms with E-state index in [0.29, 0.717) is 17.2 Å². The number of rotatable bonds is 7. The third-order valence-corrected chi connectivity index (χ3v) is 4.31. The molecule has 25 heavy (non-hydrogen) atoms. The molecule has 1 aliphatic heterocycles. The Bertz CT molecular complexity index is 740. The smallest absolute Gasteiger partial charge is 0.387 e. The van der Waals surface area contributed by atoms with E-state index in [4.69, 9.17) is 9.47 Å². The van der Waals surface area contributed by atoms with Crippen molar-refractivity contribution >= 4 is 23.4 Å². The summed E-state index contributed by atoms with van der Waals surface area (Å²) in [5.74, 6) is 2.24. The number of carbonyl (C=O) groups is 1. The Balaban J connectivity index is 1.43. The van der Waals surface area contributed by atoms with Crippen molar-refractivity contribution < 1.29 is 27.8 Å². The number of anilines is 1. The lowest BCUT2D eigenvalue weighted by atomic mass is 10.2. The Hall–Kier alpha value is -2.48. The van der Waals surface area contributed by atoms with Crippen LogP contribution in [-0.2, 0) is 10.5 Å². The van der Waals surface area contributed by atoms with Gasteiger partial charge < -0.3 is 19.5 Å². The monoisotopic (exact) mass is 367 g/mol. The first-order valence-electron chi connectivity index (χ1n) is 7.41. The van der Waals surface area contributed by atoms with Gasteiger partial charge in [0, 0.05) is 11.4 Å². The molecule has 1 heterocycles. The van der Waals surface area contributed by atoms with Gasteiger partial charge in [0.2, 0.25) is 12.7 Å². The third kappa shape index (κ3) is 4.99. The fraction of sp³-hybridized carbons (Fsp3) is 0.235. The molecule has 0 saturated heterocycles. The molecule has 0 unspecified atom stereocenters. The van der Waals surface area contributed by atoms with Gasteiger partial charge in [-0.3, -0.25) is 4.79 Å². The third-order valence-electron chi connectivity index (χ3n) is 3.30. The van der Waals surface area contributed by atoms with Crippen LogP contribution in [0.5, 0.6) is 17.2 Å². The highest BCUT2D eigenvalue weighted by Crippen LogP contribution is 2.33. The maximum Gasteiger partial charge on any atom is 0.387 e. The molecule has 0 aliphatic carbocycles. The lowest BCUT2D eigenvalue weighted by molar-refractivity contribution is -0.113. The maximum atomic E-state index is 12.1. The summed E-state index contributed by atoms with van der Waals surface area (Å²) in [6, 6.07) is 11.5. The molecule has 0 radical (unpaired) electrons. The van der Waals surface area contributed by atoms with E-state index >= 15 is 0 Å². The van der Waals surface area contributed by atoms with Gasteiger partial charge in [-0.25, -0.2) is 0 Å². The number of halogens is 2. The highest BCUT2D eigenvalue weighted by Gasteiger charge is 2.13. The van der Waals surface area contributed by atoms with Crippen molar-refractivity contribution in [2.45, 2.75) is 12.4 Å². The Morgan fingerprint density at radius 2 is 1.92 bits per heavy atom. The second-order valence-electron chi connectivity index (χ2n) is 5.13. The van der Waals surface area contributed by atoms with E-state index in [1.807, 2.05) is 18.2 Å². The molecule has 0 aromatic heterocycles. The summed E-state index contributed by atoms with van der Waals surface area (Å²) in [5, 5.41) is 2.70. The lowest BCUT2D eigenvalue weighted by Gasteiger charge is -2.08. The molecule has 0 bridgehead atoms. The summed E-state index contributed by atoms with van der Waals surface area (Å²) in [6.45, 7) is -2.64. The van der Waals surface area contributed by atoms with Gasteiger partial charge in [-0.15, -0.1) is 11.8 Å². The van der Waals surface area contributed by atoms with Crippen molar-refractivity contribution in [2.75, 3.05) is 17.9 Å². The van der Waals surface area contributed by atoms with Crippen LogP contribution in [0.25, 0.3) is 0 Å². The summed E-state index contributed by atoms with van der Waals surface area (Å²) in [6.07, 6.45) is 0. The Kier molecular flexibility index (Phi) is 5.60. The Morgan fingerprint density at radius 1 is 1.16 bits per heavy atom. The van der Waals surface area contributed by atoms with Crippen LogP contribution in [0, 0.1) is 0 Å². The van der Waals surface area contributed by atoms with E-state index in [2.05, 4.69) is 10.1 Å². The number of benzene rings is 2. The van der Waals surface area contributed by atoms with Gasteiger partial charge in [-0.1, -0.05) is 6.07 Å². The van der Waals surface area contributed by atoms with Gasteiger partial charge in [-0.05, 0) is 42.0 Å². The first-order chi connectivity index (χ1) is 12.1. The summed E-state index contributed by atoms with van der Waals surface area (Å²) in [5.41, 5.74) is 1.56. The fourth-order valence-corrected chi connectivity index (χ4v) is 2.98. The second-order valence-corrected chi connectivity index (χ2v) is 6.12. The number of hydrogen-bond acceptors (Lipinski definition) is 5. The van der Waals surface area contributed by atoms with E-state index in [1.54, 1.807) is 0 Å². The maximum absolute atomic E-state index is 12.1. The van der Waals surface area contributed by atoms with Gasteiger partial charge in [0.05, 0.1) is 5.75 Å². The van der Waals surface area contributed by atoms with Crippen molar-refractivity contribution in [3.05, 3.63) is 48.0 Å². The van der Waals surface area contributed by atoms with Crippen molar-refractivity contribution in [3.63, 3.8) is 0 Å². The van der Waals surface area contributed by atoms with Gasteiger partial charge in [0.25, 0.3) is 0 Å². The number of nitrogens with one attached hydrogen (secondary N) is 1. The fourth-order valence-electron chi connectivity index (χ4n) is 2.21. The summed E-state index contributed by atoms with van der Waals surface area (Å²) < 4.78 is 39.0. The van der Waals surface area contributed by atoms with E-state index in [1.165, 1.54) is 36.0 Å². The molecule has 2 aromatic carbocycles. The minimum absolute atomic E-state index is 0.0465. The molecule has 1 aliphatic rings. The molecule has 0 atom stereocenters. The molecule has 8 heteroatoms. The van der Waals surface area contributed by atoms with Crippen molar-refractivity contribution in [2.24, 2.45) is 0 Å². The molecular formula is C17H15F2NO4S. The molecule has 0 saturated carbocycles. The van der Waals surface area contributed by atoms with Crippen LogP contribution in [0.15, 0.2) is 42.5 Å². The van der Waals surface area contributed by atoms with E-state index in [0.717, 1.165) is 11.3 Å². The van der Waals surface area contributed by atoms with E-state index in [9.17, 15) is 13.6 Å². The van der Waals surface area contributed by atoms with Crippen LogP contribution in [0.4, 0.5) is 14.5 Å². The highest BCUT2D eigenvalue weighted by molar-refractivity contribution is 7.99. The molecular weight excluding hydrogens is 352 g/mol. The molecule has 0 spiro atoms. The normalized spacial score (nSPS) is 12.3. The quantitative estimate of drug-likeness (QED) is 0.805. The Labute approximate surface area is 147 Å². The average molecular weight is 367 g/mol. The van der Waals surface area contributed by atoms with Crippen molar-refractivity contribution in [1.29, 1.82) is 0 Å². The number of carbonyl (C=O) groups excluding carboxylic acids is 1. The zero-order chi connectivity index (χ0) is 17.6. The van der Waals surface area contributed by atoms with Crippen molar-refractivity contribution in [3.8, 4) is 17.2 Å². The zero-order valence-corrected chi connectivity index (χ0v) is 13.9. The van der Waals surface area contributed by atoms with Gasteiger partial charge >= 0.3 is 6.61 Å². The highest BCUT2D eigenvalue weighted by atomic mass is 32.2. The number of hydrogen-bond donors (Lipinski definition) is 1. The first kappa shape index (κ1) is 17.3. The summed E-state index contributed by atoms with van der Waals surface area (Å²) in [4.78, 5) is 11.9. The molecule has 2 aromatic rings. The number of thioether (sulfide) groups is 1. The summed E-state index contributed by atoms with van der Waals surface area (Å²) in [7, 11) is 0. The van der Waals surface area contributed by atoms with Crippen LogP contribution in [0.2, 0.25) is 0 Å². The topological polar surface area (TPSA) is 56.8 Å². The second kappa shape index (κ2) is 8.06. The largest absolute Gasteiger partial charge is 0.454 e. The minimum atomic E-state index is -2.87. The number of fused-ring (bicyclic) bond motifs is 1. The van der Waals surface area contributed by atoms with Crippen molar-refractivity contribution in [1.82, 2.24) is 0 Å². The van der Waals surface area contributed by atoms with Crippen LogP contribution in [0.1, 0.15) is 5.56 Å². The van der Waals surface area contributed by atoms with Crippen LogP contribution < -0.4 is 19.5 Å². The molecule has 0 fully saturated rings. The van der Waals surface area contributed by atoms with Gasteiger partial charge in [-0.2, -0.15) is 8.78 Å². The Morgan fingerprint density at radius 3 is 2.68 bits per heavy atom. The number of amides is 1. The molecule has 1 N–H and O–H groups in total. The molecule has 5 nitrogen and oxygen atoms in total. The van der Waals surface area contributed by atoms with E-state index < -0.39 is 6.61 Å². The molecule has 3 rings (SSSR count). The molecule has 132 valence electrons. The number of ether oxygens (including phenoxy) is 3. The first-order valence-corrected chi connectivity index (χ1v) is 8.56. The zero-order valence-electron chi connectivity index (χ0n) is 13.0. The predicted octanol–water partition coefficient (Wildman–Crippen LogP) is 3.89. The van der Waals surface area contributed by atoms with Crippen LogP contribution in [0.3, 0.4) is 0 Å².